The van der Waals surface area contributed by atoms with Crippen LogP contribution in [0.15, 0.2) is 0 Å². The van der Waals surface area contributed by atoms with Crippen molar-refractivity contribution in [1.29, 1.82) is 0 Å². The lowest BCUT2D eigenvalue weighted by Gasteiger charge is -2.47. The molecule has 15 unspecified atom stereocenters. The summed E-state index contributed by atoms with van der Waals surface area (Å²) in [4.78, 5) is 36.8. The molecule has 2 rings (SSSR count). The normalized spacial score (nSPS) is 27.8. The van der Waals surface area contributed by atoms with E-state index in [0.29, 0.717) is 12.8 Å². The zero-order chi connectivity index (χ0) is 53.3. The molecule has 2 fully saturated rings. The van der Waals surface area contributed by atoms with Gasteiger partial charge in [-0.05, 0) is 24.7 Å². The Kier molecular flexibility index (Phi) is 36.2. The van der Waals surface area contributed by atoms with E-state index in [2.05, 4.69) is 27.7 Å². The minimum atomic E-state index is -5.38. The molecule has 0 spiro atoms. The van der Waals surface area contributed by atoms with Crippen LogP contribution in [0.25, 0.3) is 0 Å². The van der Waals surface area contributed by atoms with Crippen LogP contribution in [0.1, 0.15) is 220 Å². The summed E-state index contributed by atoms with van der Waals surface area (Å²) in [6, 6.07) is 0. The molecule has 15 atom stereocenters. The zero-order valence-electron chi connectivity index (χ0n) is 44.6. The number of aliphatic hydroxyl groups is 8. The molecule has 18 nitrogen and oxygen atoms in total. The van der Waals surface area contributed by atoms with Crippen molar-refractivity contribution in [3.63, 3.8) is 0 Å². The van der Waals surface area contributed by atoms with Crippen molar-refractivity contribution in [1.82, 2.24) is 0 Å². The van der Waals surface area contributed by atoms with Crippen LogP contribution in [-0.4, -0.2) is 151 Å². The monoisotopic (exact) mass is 1060 g/mol. The summed E-state index contributed by atoms with van der Waals surface area (Å²) in [5.74, 6) is 0.248. The highest BCUT2D eigenvalue weighted by molar-refractivity contribution is 7.47. The molecule has 1 aliphatic heterocycles. The first-order valence-electron chi connectivity index (χ1n) is 28.1. The fraction of sp³-hybridized carbons (Fsp3) is 0.962. The molecular formula is C53H101O18P. The van der Waals surface area contributed by atoms with Gasteiger partial charge in [-0.1, -0.05) is 195 Å². The van der Waals surface area contributed by atoms with Crippen molar-refractivity contribution < 1.29 is 87.9 Å². The smallest absolute Gasteiger partial charge is 0.462 e. The zero-order valence-corrected chi connectivity index (χ0v) is 45.5. The molecule has 1 heterocycles. The minimum absolute atomic E-state index is 0.0361. The van der Waals surface area contributed by atoms with E-state index in [1.807, 2.05) is 0 Å². The largest absolute Gasteiger partial charge is 0.472 e. The maximum atomic E-state index is 13.5. The van der Waals surface area contributed by atoms with Crippen LogP contribution in [0.4, 0.5) is 0 Å². The lowest BCUT2D eigenvalue weighted by Crippen LogP contribution is -2.67. The SMILES string of the molecule is CCCCCCCCC(C)CCCCCCCCC(=O)OCC(COP(=O)(O)OC1C(O)C(O)C(O)C(O)C1OC1OC(CO)C(O)C(O)C1O)OC(=O)CCCCCCCCC(C)CCCCCCCC. The van der Waals surface area contributed by atoms with Crippen LogP contribution in [0.5, 0.6) is 0 Å². The fourth-order valence-corrected chi connectivity index (χ4v) is 10.5. The Hall–Kier alpha value is -1.35. The Morgan fingerprint density at radius 2 is 0.917 bits per heavy atom. The molecule has 0 aromatic rings. The lowest BCUT2D eigenvalue weighted by molar-refractivity contribution is -0.338. The van der Waals surface area contributed by atoms with Gasteiger partial charge in [-0.3, -0.25) is 18.6 Å². The summed E-state index contributed by atoms with van der Waals surface area (Å²) in [6.45, 7) is 6.93. The van der Waals surface area contributed by atoms with E-state index in [9.17, 15) is 59.9 Å². The number of carbonyl (C=O) groups excluding carboxylic acids is 2. The highest BCUT2D eigenvalue weighted by Gasteiger charge is 2.55. The molecule has 0 radical (unpaired) electrons. The van der Waals surface area contributed by atoms with E-state index in [1.54, 1.807) is 0 Å². The molecule has 0 bridgehead atoms. The standard InChI is InChI=1S/C53H101O18P/c1-5-7-9-11-17-23-29-38(3)31-25-19-13-15-21-27-33-42(55)66-36-40(68-43(56)34-28-22-16-14-20-26-32-39(4)30-24-18-12-10-8-6-2)37-67-72(64,65)71-52-49(62)47(60)46(59)48(61)51(52)70-53-50(63)45(58)44(57)41(35-54)69-53/h38-41,44-54,57-63H,5-37H2,1-4H3,(H,64,65). The highest BCUT2D eigenvalue weighted by atomic mass is 31.2. The van der Waals surface area contributed by atoms with Gasteiger partial charge in [0.1, 0.15) is 67.6 Å². The number of ether oxygens (including phenoxy) is 4. The summed E-state index contributed by atoms with van der Waals surface area (Å²) in [5.41, 5.74) is 0. The second-order valence-electron chi connectivity index (χ2n) is 21.0. The Bertz CT molecular complexity index is 1430. The topological polar surface area (TPSA) is 289 Å². The second kappa shape index (κ2) is 39.1. The Morgan fingerprint density at radius 1 is 0.514 bits per heavy atom. The maximum Gasteiger partial charge on any atom is 0.472 e. The predicted octanol–water partition coefficient (Wildman–Crippen LogP) is 7.60. The van der Waals surface area contributed by atoms with Gasteiger partial charge in [0, 0.05) is 12.8 Å². The van der Waals surface area contributed by atoms with Gasteiger partial charge in [0.25, 0.3) is 0 Å². The van der Waals surface area contributed by atoms with Crippen LogP contribution >= 0.6 is 7.82 Å². The molecule has 19 heteroatoms. The van der Waals surface area contributed by atoms with Crippen LogP contribution in [0, 0.1) is 11.8 Å². The molecule has 0 aromatic carbocycles. The predicted molar refractivity (Wildman–Crippen MR) is 272 cm³/mol. The van der Waals surface area contributed by atoms with Gasteiger partial charge in [-0.15, -0.1) is 0 Å². The van der Waals surface area contributed by atoms with Gasteiger partial charge >= 0.3 is 19.8 Å². The van der Waals surface area contributed by atoms with Crippen molar-refractivity contribution in [3.8, 4) is 0 Å². The quantitative estimate of drug-likeness (QED) is 0.0161. The van der Waals surface area contributed by atoms with Gasteiger partial charge < -0.3 is 64.7 Å². The van der Waals surface area contributed by atoms with Crippen molar-refractivity contribution >= 4 is 19.8 Å². The molecule has 0 amide bonds. The number of rotatable bonds is 43. The number of unbranched alkanes of at least 4 members (excludes halogenated alkanes) is 20. The molecule has 0 aromatic heterocycles. The first-order valence-corrected chi connectivity index (χ1v) is 29.6. The molecule has 2 aliphatic rings. The number of phosphoric ester groups is 1. The molecular weight excluding hydrogens is 956 g/mol. The van der Waals surface area contributed by atoms with Crippen molar-refractivity contribution in [2.24, 2.45) is 11.8 Å². The highest BCUT2D eigenvalue weighted by Crippen LogP contribution is 2.48. The van der Waals surface area contributed by atoms with Gasteiger partial charge in [0.2, 0.25) is 0 Å². The van der Waals surface area contributed by atoms with E-state index in [4.69, 9.17) is 28.0 Å². The first-order chi connectivity index (χ1) is 34.5. The Labute approximate surface area is 431 Å². The molecule has 1 saturated carbocycles. The summed E-state index contributed by atoms with van der Waals surface area (Å²) >= 11 is 0. The third-order valence-corrected chi connectivity index (χ3v) is 15.3. The van der Waals surface area contributed by atoms with Crippen LogP contribution in [0.3, 0.4) is 0 Å². The number of carbonyl (C=O) groups is 2. The molecule has 9 N–H and O–H groups in total. The van der Waals surface area contributed by atoms with E-state index >= 15 is 0 Å². The number of esters is 2. The molecule has 1 aliphatic carbocycles. The Morgan fingerprint density at radius 3 is 1.38 bits per heavy atom. The summed E-state index contributed by atoms with van der Waals surface area (Å²) in [5, 5.41) is 83.2. The van der Waals surface area contributed by atoms with Gasteiger partial charge in [-0.2, -0.15) is 0 Å². The lowest BCUT2D eigenvalue weighted by atomic mass is 9.84. The van der Waals surface area contributed by atoms with Crippen LogP contribution in [0.2, 0.25) is 0 Å². The van der Waals surface area contributed by atoms with Crippen molar-refractivity contribution in [3.05, 3.63) is 0 Å². The fourth-order valence-electron chi connectivity index (χ4n) is 9.55. The first kappa shape index (κ1) is 66.8. The van der Waals surface area contributed by atoms with Crippen LogP contribution < -0.4 is 0 Å². The summed E-state index contributed by atoms with van der Waals surface area (Å²) in [6.07, 6.45) is 8.89. The van der Waals surface area contributed by atoms with Crippen molar-refractivity contribution in [2.45, 2.75) is 294 Å². The Balaban J connectivity index is 1.93. The second-order valence-corrected chi connectivity index (χ2v) is 22.4. The van der Waals surface area contributed by atoms with Gasteiger partial charge in [0.05, 0.1) is 13.2 Å². The average molecular weight is 1060 g/mol. The molecule has 426 valence electrons. The van der Waals surface area contributed by atoms with E-state index in [-0.39, 0.29) is 12.8 Å². The van der Waals surface area contributed by atoms with E-state index in [1.165, 1.54) is 116 Å². The number of aliphatic hydroxyl groups excluding tert-OH is 8. The van der Waals surface area contributed by atoms with E-state index in [0.717, 1.165) is 63.2 Å². The summed E-state index contributed by atoms with van der Waals surface area (Å²) < 4.78 is 45.7. The third kappa shape index (κ3) is 27.6. The minimum Gasteiger partial charge on any atom is -0.462 e. The third-order valence-electron chi connectivity index (χ3n) is 14.3. The number of phosphoric acid groups is 1. The van der Waals surface area contributed by atoms with Gasteiger partial charge in [-0.25, -0.2) is 4.57 Å². The average Bonchev–Trinajstić information content (AvgIpc) is 3.35. The van der Waals surface area contributed by atoms with Crippen LogP contribution in [-0.2, 0) is 42.1 Å². The van der Waals surface area contributed by atoms with Gasteiger partial charge in [0.15, 0.2) is 12.4 Å². The maximum absolute atomic E-state index is 13.5. The molecule has 72 heavy (non-hydrogen) atoms. The number of hydrogen-bond acceptors (Lipinski definition) is 17. The van der Waals surface area contributed by atoms with E-state index < -0.39 is 113 Å². The summed E-state index contributed by atoms with van der Waals surface area (Å²) in [7, 11) is -5.38. The van der Waals surface area contributed by atoms with Crippen molar-refractivity contribution in [2.75, 3.05) is 19.8 Å². The number of hydrogen-bond donors (Lipinski definition) is 9. The molecule has 1 saturated heterocycles.